The topological polar surface area (TPSA) is 74.0 Å². The summed E-state index contributed by atoms with van der Waals surface area (Å²) in [4.78, 5) is 27.3. The van der Waals surface area contributed by atoms with Gasteiger partial charge in [-0.25, -0.2) is 0 Å². The Bertz CT molecular complexity index is 972. The minimum atomic E-state index is 0.0210. The monoisotopic (exact) mass is 361 g/mol. The molecule has 0 saturated heterocycles. The van der Waals surface area contributed by atoms with Gasteiger partial charge in [-0.1, -0.05) is 30.3 Å². The lowest BCUT2D eigenvalue weighted by Crippen LogP contribution is -2.23. The predicted octanol–water partition coefficient (Wildman–Crippen LogP) is 3.77. The molecule has 0 spiro atoms. The molecule has 5 heteroatoms. The summed E-state index contributed by atoms with van der Waals surface area (Å²) in [6, 6.07) is 15.8. The highest BCUT2D eigenvalue weighted by Crippen LogP contribution is 2.30. The molecule has 0 atom stereocenters. The summed E-state index contributed by atoms with van der Waals surface area (Å²) in [6.45, 7) is 0.458. The van der Waals surface area contributed by atoms with Crippen molar-refractivity contribution in [2.24, 2.45) is 5.92 Å². The van der Waals surface area contributed by atoms with Crippen LogP contribution in [0.3, 0.4) is 0 Å². The molecule has 1 fully saturated rings. The van der Waals surface area contributed by atoms with Gasteiger partial charge in [-0.05, 0) is 48.6 Å². The Balaban J connectivity index is 1.28. The Kier molecular flexibility index (Phi) is 4.92. The average Bonchev–Trinajstić information content (AvgIpc) is 3.46. The molecule has 1 aliphatic rings. The van der Waals surface area contributed by atoms with Crippen molar-refractivity contribution < 1.29 is 9.59 Å². The first kappa shape index (κ1) is 17.3. The molecule has 27 heavy (non-hydrogen) atoms. The van der Waals surface area contributed by atoms with Crippen LogP contribution in [-0.2, 0) is 22.6 Å². The van der Waals surface area contributed by atoms with E-state index in [0.717, 1.165) is 35.2 Å². The Morgan fingerprint density at radius 2 is 1.93 bits per heavy atom. The summed E-state index contributed by atoms with van der Waals surface area (Å²) >= 11 is 0. The van der Waals surface area contributed by atoms with E-state index in [2.05, 4.69) is 21.7 Å². The zero-order valence-electron chi connectivity index (χ0n) is 15.1. The van der Waals surface area contributed by atoms with Gasteiger partial charge in [0.15, 0.2) is 0 Å². The molecule has 3 N–H and O–H groups in total. The second-order valence-electron chi connectivity index (χ2n) is 7.10. The fraction of sp³-hybridized carbons (Fsp3) is 0.273. The van der Waals surface area contributed by atoms with E-state index in [4.69, 9.17) is 0 Å². The number of H-pyrrole nitrogens is 1. The van der Waals surface area contributed by atoms with Gasteiger partial charge >= 0.3 is 0 Å². The average molecular weight is 361 g/mol. The Labute approximate surface area is 158 Å². The van der Waals surface area contributed by atoms with E-state index in [1.807, 2.05) is 48.7 Å². The van der Waals surface area contributed by atoms with Gasteiger partial charge in [0.2, 0.25) is 11.8 Å². The van der Waals surface area contributed by atoms with Crippen molar-refractivity contribution in [2.45, 2.75) is 32.2 Å². The molecule has 0 radical (unpaired) electrons. The van der Waals surface area contributed by atoms with Crippen LogP contribution in [0, 0.1) is 5.92 Å². The number of carbonyl (C=O) groups excluding carboxylic acids is 2. The quantitative estimate of drug-likeness (QED) is 0.599. The van der Waals surface area contributed by atoms with Gasteiger partial charge in [0.25, 0.3) is 0 Å². The Hall–Kier alpha value is -3.08. The summed E-state index contributed by atoms with van der Waals surface area (Å²) in [7, 11) is 0. The third kappa shape index (κ3) is 4.37. The van der Waals surface area contributed by atoms with Crippen molar-refractivity contribution in [3.8, 4) is 0 Å². The fourth-order valence-corrected chi connectivity index (χ4v) is 3.22. The van der Waals surface area contributed by atoms with Crippen LogP contribution in [0.4, 0.5) is 5.69 Å². The normalized spacial score (nSPS) is 13.5. The predicted molar refractivity (Wildman–Crippen MR) is 106 cm³/mol. The van der Waals surface area contributed by atoms with Crippen LogP contribution in [0.15, 0.2) is 54.7 Å². The second-order valence-corrected chi connectivity index (χ2v) is 7.10. The highest BCUT2D eigenvalue weighted by molar-refractivity contribution is 5.94. The van der Waals surface area contributed by atoms with Crippen molar-refractivity contribution in [3.63, 3.8) is 0 Å². The number of fused-ring (bicyclic) bond motifs is 1. The maximum atomic E-state index is 12.2. The van der Waals surface area contributed by atoms with Crippen LogP contribution in [0.2, 0.25) is 0 Å². The number of aryl methyl sites for hydroxylation is 1. The molecule has 138 valence electrons. The van der Waals surface area contributed by atoms with Crippen molar-refractivity contribution in [3.05, 3.63) is 65.9 Å². The number of hydrogen-bond acceptors (Lipinski definition) is 2. The molecule has 4 rings (SSSR count). The Morgan fingerprint density at radius 1 is 1.07 bits per heavy atom. The van der Waals surface area contributed by atoms with E-state index >= 15 is 0 Å². The standard InChI is InChI=1S/C22H23N3O2/c26-21(11-10-17-14-23-20-7-2-1-6-19(17)20)24-13-15-4-3-5-18(12-15)25-22(27)16-8-9-16/h1-7,12,14,16,23H,8-11,13H2,(H,24,26)(H,25,27). The maximum Gasteiger partial charge on any atom is 0.227 e. The summed E-state index contributed by atoms with van der Waals surface area (Å²) in [5.74, 6) is 0.292. The zero-order valence-corrected chi connectivity index (χ0v) is 15.1. The smallest absolute Gasteiger partial charge is 0.227 e. The van der Waals surface area contributed by atoms with E-state index in [1.165, 1.54) is 5.39 Å². The van der Waals surface area contributed by atoms with E-state index in [-0.39, 0.29) is 17.7 Å². The SMILES string of the molecule is O=C(CCc1c[nH]c2ccccc12)NCc1cccc(NC(=O)C2CC2)c1. The van der Waals surface area contributed by atoms with E-state index < -0.39 is 0 Å². The van der Waals surface area contributed by atoms with E-state index in [0.29, 0.717) is 19.4 Å². The van der Waals surface area contributed by atoms with Gasteiger partial charge < -0.3 is 15.6 Å². The van der Waals surface area contributed by atoms with Crippen LogP contribution in [0.5, 0.6) is 0 Å². The van der Waals surface area contributed by atoms with Crippen molar-refractivity contribution in [1.29, 1.82) is 0 Å². The molecule has 1 heterocycles. The number of benzene rings is 2. The molecule has 3 aromatic rings. The number of anilines is 1. The molecule has 2 aromatic carbocycles. The summed E-state index contributed by atoms with van der Waals surface area (Å²) in [5, 5.41) is 7.07. The van der Waals surface area contributed by atoms with Gasteiger partial charge in [-0.3, -0.25) is 9.59 Å². The molecule has 1 aliphatic carbocycles. The van der Waals surface area contributed by atoms with Gasteiger partial charge in [-0.2, -0.15) is 0 Å². The van der Waals surface area contributed by atoms with Crippen molar-refractivity contribution >= 4 is 28.4 Å². The minimum absolute atomic E-state index is 0.0210. The summed E-state index contributed by atoms with van der Waals surface area (Å²) in [5.41, 5.74) is 4.02. The summed E-state index contributed by atoms with van der Waals surface area (Å²) in [6.07, 6.45) is 5.09. The number of rotatable bonds is 7. The molecule has 0 unspecified atom stereocenters. The number of amides is 2. The number of carbonyl (C=O) groups is 2. The van der Waals surface area contributed by atoms with Gasteiger partial charge in [0.1, 0.15) is 0 Å². The largest absolute Gasteiger partial charge is 0.361 e. The van der Waals surface area contributed by atoms with Crippen LogP contribution in [0.25, 0.3) is 10.9 Å². The molecule has 0 aliphatic heterocycles. The molecular formula is C22H23N3O2. The van der Waals surface area contributed by atoms with Crippen LogP contribution < -0.4 is 10.6 Å². The van der Waals surface area contributed by atoms with Crippen LogP contribution >= 0.6 is 0 Å². The highest BCUT2D eigenvalue weighted by atomic mass is 16.2. The van der Waals surface area contributed by atoms with Crippen molar-refractivity contribution in [1.82, 2.24) is 10.3 Å². The lowest BCUT2D eigenvalue weighted by Gasteiger charge is -2.08. The van der Waals surface area contributed by atoms with E-state index in [1.54, 1.807) is 0 Å². The molecule has 1 aromatic heterocycles. The molecule has 2 amide bonds. The first-order valence-corrected chi connectivity index (χ1v) is 9.40. The van der Waals surface area contributed by atoms with E-state index in [9.17, 15) is 9.59 Å². The Morgan fingerprint density at radius 3 is 2.78 bits per heavy atom. The van der Waals surface area contributed by atoms with Crippen molar-refractivity contribution in [2.75, 3.05) is 5.32 Å². The minimum Gasteiger partial charge on any atom is -0.361 e. The van der Waals surface area contributed by atoms with Crippen LogP contribution in [0.1, 0.15) is 30.4 Å². The zero-order chi connectivity index (χ0) is 18.6. The lowest BCUT2D eigenvalue weighted by molar-refractivity contribution is -0.121. The first-order valence-electron chi connectivity index (χ1n) is 9.40. The summed E-state index contributed by atoms with van der Waals surface area (Å²) < 4.78 is 0. The van der Waals surface area contributed by atoms with Gasteiger partial charge in [0, 0.05) is 41.7 Å². The lowest BCUT2D eigenvalue weighted by atomic mass is 10.1. The number of para-hydroxylation sites is 1. The molecular weight excluding hydrogens is 338 g/mol. The number of hydrogen-bond donors (Lipinski definition) is 3. The van der Waals surface area contributed by atoms with Gasteiger partial charge in [0.05, 0.1) is 0 Å². The maximum absolute atomic E-state index is 12.2. The van der Waals surface area contributed by atoms with Gasteiger partial charge in [-0.15, -0.1) is 0 Å². The molecule has 0 bridgehead atoms. The molecule has 5 nitrogen and oxygen atoms in total. The highest BCUT2D eigenvalue weighted by Gasteiger charge is 2.29. The fourth-order valence-electron chi connectivity index (χ4n) is 3.22. The second kappa shape index (κ2) is 7.66. The number of aromatic amines is 1. The molecule has 1 saturated carbocycles. The van der Waals surface area contributed by atoms with Crippen LogP contribution in [-0.4, -0.2) is 16.8 Å². The number of aromatic nitrogens is 1. The third-order valence-corrected chi connectivity index (χ3v) is 4.93. The number of nitrogens with one attached hydrogen (secondary N) is 3. The first-order chi connectivity index (χ1) is 13.2. The third-order valence-electron chi connectivity index (χ3n) is 4.93.